The summed E-state index contributed by atoms with van der Waals surface area (Å²) in [5.41, 5.74) is 2.61. The van der Waals surface area contributed by atoms with Crippen LogP contribution in [-0.2, 0) is 14.3 Å². The van der Waals surface area contributed by atoms with Crippen molar-refractivity contribution in [2.75, 3.05) is 18.5 Å². The number of aryl methyl sites for hydroxylation is 2. The van der Waals surface area contributed by atoms with Crippen LogP contribution in [0.5, 0.6) is 0 Å². The Balaban J connectivity index is 2.15. The molecule has 1 amide bonds. The monoisotopic (exact) mass is 417 g/mol. The second kappa shape index (κ2) is 9.47. The summed E-state index contributed by atoms with van der Waals surface area (Å²) in [6, 6.07) is 5.37. The molecule has 0 aliphatic rings. The largest absolute Gasteiger partial charge is 0.462 e. The molecule has 1 heterocycles. The van der Waals surface area contributed by atoms with Crippen LogP contribution in [0.3, 0.4) is 0 Å². The van der Waals surface area contributed by atoms with Crippen molar-refractivity contribution in [3.63, 3.8) is 0 Å². The average Bonchev–Trinajstić information content (AvgIpc) is 2.98. The third-order valence-electron chi connectivity index (χ3n) is 4.15. The fourth-order valence-electron chi connectivity index (χ4n) is 2.71. The van der Waals surface area contributed by atoms with Crippen molar-refractivity contribution < 1.29 is 28.7 Å². The first-order chi connectivity index (χ1) is 13.6. The maximum Gasteiger partial charge on any atom is 0.341 e. The molecule has 1 N–H and O–H groups in total. The van der Waals surface area contributed by atoms with E-state index in [1.165, 1.54) is 6.92 Å². The molecule has 8 heteroatoms. The molecule has 0 saturated heterocycles. The van der Waals surface area contributed by atoms with Gasteiger partial charge < -0.3 is 14.8 Å². The lowest BCUT2D eigenvalue weighted by atomic mass is 10.1. The second-order valence-electron chi connectivity index (χ2n) is 6.48. The number of ketones is 1. The third kappa shape index (κ3) is 5.29. The smallest absolute Gasteiger partial charge is 0.341 e. The number of benzene rings is 1. The van der Waals surface area contributed by atoms with Gasteiger partial charge in [-0.25, -0.2) is 9.59 Å². The minimum absolute atomic E-state index is 0.135. The summed E-state index contributed by atoms with van der Waals surface area (Å²) in [6.45, 7) is 7.92. The van der Waals surface area contributed by atoms with Crippen LogP contribution in [0.25, 0.3) is 0 Å². The minimum atomic E-state index is -0.628. The van der Waals surface area contributed by atoms with Gasteiger partial charge in [-0.05, 0) is 51.8 Å². The zero-order valence-corrected chi connectivity index (χ0v) is 17.8. The molecule has 29 heavy (non-hydrogen) atoms. The van der Waals surface area contributed by atoms with Crippen LogP contribution in [0, 0.1) is 20.8 Å². The SMILES string of the molecule is CCOC(=O)c1c(NC(=O)COC(=O)c2cc(C)ccc2C)sc(C(C)=O)c1C. The first-order valence-corrected chi connectivity index (χ1v) is 9.83. The van der Waals surface area contributed by atoms with Gasteiger partial charge in [0.05, 0.1) is 22.6 Å². The van der Waals surface area contributed by atoms with Crippen LogP contribution in [0.4, 0.5) is 5.00 Å². The third-order valence-corrected chi connectivity index (χ3v) is 5.45. The number of nitrogens with one attached hydrogen (secondary N) is 1. The molecule has 0 fully saturated rings. The van der Waals surface area contributed by atoms with E-state index in [1.54, 1.807) is 32.9 Å². The summed E-state index contributed by atoms with van der Waals surface area (Å²) in [4.78, 5) is 49.0. The number of hydrogen-bond donors (Lipinski definition) is 1. The molecule has 7 nitrogen and oxygen atoms in total. The highest BCUT2D eigenvalue weighted by atomic mass is 32.1. The highest BCUT2D eigenvalue weighted by Gasteiger charge is 2.25. The molecule has 0 radical (unpaired) electrons. The predicted octanol–water partition coefficient (Wildman–Crippen LogP) is 3.85. The highest BCUT2D eigenvalue weighted by Crippen LogP contribution is 2.34. The number of amides is 1. The van der Waals surface area contributed by atoms with Gasteiger partial charge in [0, 0.05) is 0 Å². The van der Waals surface area contributed by atoms with Gasteiger partial charge in [0.15, 0.2) is 12.4 Å². The van der Waals surface area contributed by atoms with Crippen LogP contribution in [0.2, 0.25) is 0 Å². The van der Waals surface area contributed by atoms with Crippen molar-refractivity contribution in [2.24, 2.45) is 0 Å². The molecular formula is C21H23NO6S. The van der Waals surface area contributed by atoms with Gasteiger partial charge in [-0.2, -0.15) is 0 Å². The number of carbonyl (C=O) groups excluding carboxylic acids is 4. The molecule has 154 valence electrons. The van der Waals surface area contributed by atoms with Gasteiger partial charge in [-0.3, -0.25) is 9.59 Å². The lowest BCUT2D eigenvalue weighted by molar-refractivity contribution is -0.119. The van der Waals surface area contributed by atoms with E-state index in [0.29, 0.717) is 16.0 Å². The van der Waals surface area contributed by atoms with Crippen molar-refractivity contribution in [3.8, 4) is 0 Å². The molecule has 0 aliphatic carbocycles. The van der Waals surface area contributed by atoms with E-state index in [0.717, 1.165) is 22.5 Å². The van der Waals surface area contributed by atoms with E-state index in [-0.39, 0.29) is 23.0 Å². The number of thiophene rings is 1. The van der Waals surface area contributed by atoms with Crippen molar-refractivity contribution in [2.45, 2.75) is 34.6 Å². The highest BCUT2D eigenvalue weighted by molar-refractivity contribution is 7.18. The van der Waals surface area contributed by atoms with Gasteiger partial charge in [0.1, 0.15) is 5.00 Å². The fraction of sp³-hybridized carbons (Fsp3) is 0.333. The standard InChI is InChI=1S/C21H23NO6S/c1-6-27-21(26)17-13(4)18(14(5)23)29-19(17)22-16(24)10-28-20(25)15-9-11(2)7-8-12(15)3/h7-9H,6,10H2,1-5H3,(H,22,24). The van der Waals surface area contributed by atoms with E-state index in [2.05, 4.69) is 5.32 Å². The fourth-order valence-corrected chi connectivity index (χ4v) is 3.82. The van der Waals surface area contributed by atoms with Crippen molar-refractivity contribution >= 4 is 40.0 Å². The molecule has 2 aromatic rings. The molecule has 2 rings (SSSR count). The maximum absolute atomic E-state index is 12.3. The van der Waals surface area contributed by atoms with Crippen LogP contribution in [-0.4, -0.2) is 36.8 Å². The van der Waals surface area contributed by atoms with E-state index >= 15 is 0 Å². The van der Waals surface area contributed by atoms with Crippen molar-refractivity contribution in [1.82, 2.24) is 0 Å². The molecule has 1 aromatic heterocycles. The van der Waals surface area contributed by atoms with E-state index < -0.39 is 24.5 Å². The average molecular weight is 417 g/mol. The number of anilines is 1. The summed E-state index contributed by atoms with van der Waals surface area (Å²) < 4.78 is 10.1. The van der Waals surface area contributed by atoms with E-state index in [9.17, 15) is 19.2 Å². The number of esters is 2. The van der Waals surface area contributed by atoms with Crippen LogP contribution < -0.4 is 5.32 Å². The Kier molecular flexibility index (Phi) is 7.28. The van der Waals surface area contributed by atoms with Crippen molar-refractivity contribution in [1.29, 1.82) is 0 Å². The van der Waals surface area contributed by atoms with Crippen LogP contribution in [0.15, 0.2) is 18.2 Å². The summed E-state index contributed by atoms with van der Waals surface area (Å²) in [5, 5.41) is 2.74. The summed E-state index contributed by atoms with van der Waals surface area (Å²) in [6.07, 6.45) is 0. The topological polar surface area (TPSA) is 98.8 Å². The summed E-state index contributed by atoms with van der Waals surface area (Å²) in [7, 11) is 0. The number of Topliss-reactive ketones (excluding diaryl/α,β-unsaturated/α-hetero) is 1. The number of hydrogen-bond acceptors (Lipinski definition) is 7. The van der Waals surface area contributed by atoms with Gasteiger partial charge >= 0.3 is 11.9 Å². The predicted molar refractivity (Wildman–Crippen MR) is 110 cm³/mol. The van der Waals surface area contributed by atoms with E-state index in [1.807, 2.05) is 13.0 Å². The van der Waals surface area contributed by atoms with Crippen LogP contribution in [0.1, 0.15) is 60.9 Å². The Morgan fingerprint density at radius 2 is 1.72 bits per heavy atom. The molecule has 0 unspecified atom stereocenters. The van der Waals surface area contributed by atoms with Gasteiger partial charge in [0.2, 0.25) is 0 Å². The van der Waals surface area contributed by atoms with E-state index in [4.69, 9.17) is 9.47 Å². The number of carbonyl (C=O) groups is 4. The van der Waals surface area contributed by atoms with Crippen LogP contribution >= 0.6 is 11.3 Å². The van der Waals surface area contributed by atoms with Gasteiger partial charge in [0.25, 0.3) is 5.91 Å². The molecular weight excluding hydrogens is 394 g/mol. The molecule has 0 aliphatic heterocycles. The maximum atomic E-state index is 12.3. The zero-order valence-electron chi connectivity index (χ0n) is 17.0. The minimum Gasteiger partial charge on any atom is -0.462 e. The first kappa shape index (κ1) is 22.3. The second-order valence-corrected chi connectivity index (χ2v) is 7.50. The number of rotatable bonds is 7. The van der Waals surface area contributed by atoms with Gasteiger partial charge in [-0.1, -0.05) is 17.7 Å². The zero-order chi connectivity index (χ0) is 21.7. The molecule has 0 spiro atoms. The number of ether oxygens (including phenoxy) is 2. The Labute approximate surface area is 173 Å². The Morgan fingerprint density at radius 3 is 2.34 bits per heavy atom. The molecule has 0 bridgehead atoms. The Bertz CT molecular complexity index is 976. The summed E-state index contributed by atoms with van der Waals surface area (Å²) in [5.74, 6) is -2.08. The quantitative estimate of drug-likeness (QED) is 0.543. The lowest BCUT2D eigenvalue weighted by Crippen LogP contribution is -2.22. The molecule has 0 saturated carbocycles. The Hall–Kier alpha value is -3.00. The molecule has 0 atom stereocenters. The first-order valence-electron chi connectivity index (χ1n) is 9.01. The lowest BCUT2D eigenvalue weighted by Gasteiger charge is -2.09. The normalized spacial score (nSPS) is 10.4. The Morgan fingerprint density at radius 1 is 1.03 bits per heavy atom. The van der Waals surface area contributed by atoms with Gasteiger partial charge in [-0.15, -0.1) is 11.3 Å². The summed E-state index contributed by atoms with van der Waals surface area (Å²) >= 11 is 0.989. The van der Waals surface area contributed by atoms with Crippen molar-refractivity contribution in [3.05, 3.63) is 50.9 Å². The molecule has 1 aromatic carbocycles.